The molecule has 3 heteroatoms. The van der Waals surface area contributed by atoms with E-state index in [1.54, 1.807) is 0 Å². The van der Waals surface area contributed by atoms with Gasteiger partial charge in [-0.2, -0.15) is 0 Å². The summed E-state index contributed by atoms with van der Waals surface area (Å²) >= 11 is 0. The van der Waals surface area contributed by atoms with Crippen molar-refractivity contribution >= 4 is 5.91 Å². The van der Waals surface area contributed by atoms with Crippen LogP contribution >= 0.6 is 0 Å². The Labute approximate surface area is 99.6 Å². The molecular weight excluding hydrogens is 200 g/mol. The number of carbonyl (C=O) groups is 1. The van der Waals surface area contributed by atoms with Crippen LogP contribution in [0.5, 0.6) is 0 Å². The van der Waals surface area contributed by atoms with Gasteiger partial charge in [-0.05, 0) is 25.7 Å². The van der Waals surface area contributed by atoms with E-state index in [9.17, 15) is 4.79 Å². The molecule has 0 bridgehead atoms. The summed E-state index contributed by atoms with van der Waals surface area (Å²) in [5.74, 6) is 0.307. The lowest BCUT2D eigenvalue weighted by atomic mass is 9.89. The van der Waals surface area contributed by atoms with Gasteiger partial charge in [0.15, 0.2) is 0 Å². The molecule has 0 saturated carbocycles. The zero-order chi connectivity index (χ0) is 12.4. The highest BCUT2D eigenvalue weighted by atomic mass is 16.2. The third kappa shape index (κ3) is 3.78. The van der Waals surface area contributed by atoms with E-state index in [1.165, 1.54) is 0 Å². The van der Waals surface area contributed by atoms with Gasteiger partial charge >= 0.3 is 0 Å². The van der Waals surface area contributed by atoms with Crippen molar-refractivity contribution in [1.82, 2.24) is 10.2 Å². The molecule has 94 valence electrons. The van der Waals surface area contributed by atoms with Crippen molar-refractivity contribution in [2.75, 3.05) is 19.6 Å². The van der Waals surface area contributed by atoms with Crippen molar-refractivity contribution in [2.45, 2.75) is 53.0 Å². The Kier molecular flexibility index (Phi) is 4.00. The van der Waals surface area contributed by atoms with E-state index in [1.807, 2.05) is 4.90 Å². The molecule has 0 unspecified atom stereocenters. The van der Waals surface area contributed by atoms with E-state index < -0.39 is 0 Å². The minimum Gasteiger partial charge on any atom is -0.335 e. The Morgan fingerprint density at radius 2 is 2.00 bits per heavy atom. The molecule has 1 aliphatic rings. The van der Waals surface area contributed by atoms with E-state index in [2.05, 4.69) is 39.9 Å². The number of carbonyl (C=O) groups excluding carboxylic acids is 1. The molecular formula is C13H26N2O. The molecule has 0 atom stereocenters. The summed E-state index contributed by atoms with van der Waals surface area (Å²) < 4.78 is 0. The number of rotatable bonds is 2. The highest BCUT2D eigenvalue weighted by molar-refractivity contribution is 5.77. The van der Waals surface area contributed by atoms with Crippen LogP contribution in [-0.4, -0.2) is 36.0 Å². The molecule has 0 aromatic carbocycles. The normalized spacial score (nSPS) is 20.9. The lowest BCUT2D eigenvalue weighted by Gasteiger charge is -2.43. The van der Waals surface area contributed by atoms with Crippen molar-refractivity contribution < 1.29 is 4.79 Å². The smallest absolute Gasteiger partial charge is 0.223 e. The highest BCUT2D eigenvalue weighted by Crippen LogP contribution is 2.23. The first kappa shape index (κ1) is 13.5. The van der Waals surface area contributed by atoms with Gasteiger partial charge in [-0.3, -0.25) is 4.79 Å². The second-order valence-corrected chi connectivity index (χ2v) is 6.60. The number of hydrogen-bond donors (Lipinski definition) is 1. The maximum absolute atomic E-state index is 12.2. The fourth-order valence-corrected chi connectivity index (χ4v) is 2.06. The molecule has 16 heavy (non-hydrogen) atoms. The molecule has 0 aromatic heterocycles. The van der Waals surface area contributed by atoms with Crippen molar-refractivity contribution in [1.29, 1.82) is 0 Å². The molecule has 0 spiro atoms. The maximum Gasteiger partial charge on any atom is 0.223 e. The second-order valence-electron chi connectivity index (χ2n) is 6.60. The Hall–Kier alpha value is -0.570. The van der Waals surface area contributed by atoms with Crippen LogP contribution in [0.1, 0.15) is 47.5 Å². The SMILES string of the molecule is CC(C)(C)CCC(=O)N1CCNCC1(C)C. The summed E-state index contributed by atoms with van der Waals surface area (Å²) in [6, 6.07) is 0. The molecule has 1 amide bonds. The van der Waals surface area contributed by atoms with E-state index in [-0.39, 0.29) is 11.0 Å². The van der Waals surface area contributed by atoms with Crippen LogP contribution in [0.25, 0.3) is 0 Å². The van der Waals surface area contributed by atoms with Crippen LogP contribution in [0.4, 0.5) is 0 Å². The van der Waals surface area contributed by atoms with Crippen molar-refractivity contribution in [3.05, 3.63) is 0 Å². The number of hydrogen-bond acceptors (Lipinski definition) is 2. The topological polar surface area (TPSA) is 32.3 Å². The summed E-state index contributed by atoms with van der Waals surface area (Å²) in [6.45, 7) is 13.5. The van der Waals surface area contributed by atoms with Crippen LogP contribution < -0.4 is 5.32 Å². The molecule has 0 radical (unpaired) electrons. The van der Waals surface area contributed by atoms with E-state index >= 15 is 0 Å². The Morgan fingerprint density at radius 3 is 2.50 bits per heavy atom. The predicted octanol–water partition coefficient (Wildman–Crippen LogP) is 2.02. The van der Waals surface area contributed by atoms with Crippen LogP contribution in [0, 0.1) is 5.41 Å². The third-order valence-corrected chi connectivity index (χ3v) is 3.19. The predicted molar refractivity (Wildman–Crippen MR) is 67.4 cm³/mol. The quantitative estimate of drug-likeness (QED) is 0.781. The molecule has 1 heterocycles. The van der Waals surface area contributed by atoms with Gasteiger partial charge in [0.1, 0.15) is 0 Å². The van der Waals surface area contributed by atoms with Gasteiger partial charge in [0.2, 0.25) is 5.91 Å². The Bertz CT molecular complexity index is 253. The number of piperazine rings is 1. The Balaban J connectivity index is 2.52. The van der Waals surface area contributed by atoms with Gasteiger partial charge in [-0.15, -0.1) is 0 Å². The van der Waals surface area contributed by atoms with Crippen molar-refractivity contribution in [2.24, 2.45) is 5.41 Å². The minimum atomic E-state index is -0.0345. The van der Waals surface area contributed by atoms with Crippen LogP contribution in [0.15, 0.2) is 0 Å². The van der Waals surface area contributed by atoms with Crippen LogP contribution in [-0.2, 0) is 4.79 Å². The standard InChI is InChI=1S/C13H26N2O/c1-12(2,3)7-6-11(16)15-9-8-14-10-13(15,4)5/h14H,6-10H2,1-5H3. The molecule has 1 aliphatic heterocycles. The van der Waals surface area contributed by atoms with Gasteiger partial charge in [-0.1, -0.05) is 20.8 Å². The summed E-state index contributed by atoms with van der Waals surface area (Å²) in [6.07, 6.45) is 1.64. The maximum atomic E-state index is 12.2. The Morgan fingerprint density at radius 1 is 1.38 bits per heavy atom. The number of amides is 1. The lowest BCUT2D eigenvalue weighted by molar-refractivity contribution is -0.138. The fourth-order valence-electron chi connectivity index (χ4n) is 2.06. The summed E-state index contributed by atoms with van der Waals surface area (Å²) in [5.41, 5.74) is 0.209. The zero-order valence-electron chi connectivity index (χ0n) is 11.4. The van der Waals surface area contributed by atoms with Gasteiger partial charge < -0.3 is 10.2 Å². The fraction of sp³-hybridized carbons (Fsp3) is 0.923. The highest BCUT2D eigenvalue weighted by Gasteiger charge is 2.33. The number of nitrogens with one attached hydrogen (secondary N) is 1. The summed E-state index contributed by atoms with van der Waals surface area (Å²) in [7, 11) is 0. The van der Waals surface area contributed by atoms with Gasteiger partial charge in [0, 0.05) is 31.6 Å². The zero-order valence-corrected chi connectivity index (χ0v) is 11.4. The molecule has 1 saturated heterocycles. The largest absolute Gasteiger partial charge is 0.335 e. The third-order valence-electron chi connectivity index (χ3n) is 3.19. The van der Waals surface area contributed by atoms with Crippen molar-refractivity contribution in [3.63, 3.8) is 0 Å². The lowest BCUT2D eigenvalue weighted by Crippen LogP contribution is -2.59. The van der Waals surface area contributed by atoms with Crippen LogP contribution in [0.2, 0.25) is 0 Å². The molecule has 3 nitrogen and oxygen atoms in total. The second kappa shape index (κ2) is 4.74. The first-order valence-electron chi connectivity index (χ1n) is 6.24. The number of nitrogens with zero attached hydrogens (tertiary/aromatic N) is 1. The molecule has 1 rings (SSSR count). The molecule has 1 fully saturated rings. The first-order valence-corrected chi connectivity index (χ1v) is 6.24. The average molecular weight is 226 g/mol. The average Bonchev–Trinajstić information content (AvgIpc) is 2.12. The molecule has 0 aromatic rings. The van der Waals surface area contributed by atoms with E-state index in [0.29, 0.717) is 12.3 Å². The van der Waals surface area contributed by atoms with Crippen molar-refractivity contribution in [3.8, 4) is 0 Å². The minimum absolute atomic E-state index is 0.0345. The summed E-state index contributed by atoms with van der Waals surface area (Å²) in [5, 5.41) is 3.34. The monoisotopic (exact) mass is 226 g/mol. The van der Waals surface area contributed by atoms with Gasteiger partial charge in [0.25, 0.3) is 0 Å². The van der Waals surface area contributed by atoms with E-state index in [0.717, 1.165) is 26.1 Å². The molecule has 0 aliphatic carbocycles. The summed E-state index contributed by atoms with van der Waals surface area (Å²) in [4.78, 5) is 14.2. The van der Waals surface area contributed by atoms with E-state index in [4.69, 9.17) is 0 Å². The molecule has 1 N–H and O–H groups in total. The van der Waals surface area contributed by atoms with Crippen LogP contribution in [0.3, 0.4) is 0 Å². The first-order chi connectivity index (χ1) is 7.22. The van der Waals surface area contributed by atoms with Gasteiger partial charge in [-0.25, -0.2) is 0 Å². The van der Waals surface area contributed by atoms with Gasteiger partial charge in [0.05, 0.1) is 0 Å².